The molecule has 5 rings (SSSR count). The number of benzene rings is 1. The second kappa shape index (κ2) is 9.13. The van der Waals surface area contributed by atoms with Crippen molar-refractivity contribution in [2.75, 3.05) is 13.2 Å². The van der Waals surface area contributed by atoms with E-state index in [1.54, 1.807) is 26.2 Å². The lowest BCUT2D eigenvalue weighted by Gasteiger charge is -2.19. The Hall–Kier alpha value is -3.16. The van der Waals surface area contributed by atoms with Gasteiger partial charge >= 0.3 is 0 Å². The molecule has 182 valence electrons. The molecule has 7 nitrogen and oxygen atoms in total. The molecule has 1 fully saturated rings. The number of rotatable bonds is 5. The van der Waals surface area contributed by atoms with Gasteiger partial charge in [0.25, 0.3) is 11.2 Å². The minimum atomic E-state index is -3.14. The lowest BCUT2D eigenvalue weighted by Crippen LogP contribution is -2.18. The maximum Gasteiger partial charge on any atom is 0.285 e. The van der Waals surface area contributed by atoms with Gasteiger partial charge in [0, 0.05) is 60.8 Å². The molecule has 4 aromatic rings. The topological polar surface area (TPSA) is 82.0 Å². The Balaban J connectivity index is 1.68. The van der Waals surface area contributed by atoms with Gasteiger partial charge < -0.3 is 19.0 Å². The van der Waals surface area contributed by atoms with Crippen molar-refractivity contribution in [3.8, 4) is 22.6 Å². The number of aromatic nitrogens is 4. The molecule has 1 aliphatic rings. The summed E-state index contributed by atoms with van der Waals surface area (Å²) in [6.07, 6.45) is 5.94. The van der Waals surface area contributed by atoms with Gasteiger partial charge in [0.05, 0.1) is 11.7 Å². The highest BCUT2D eigenvalue weighted by Crippen LogP contribution is 2.41. The number of fused-ring (bicyclic) bond motifs is 1. The van der Waals surface area contributed by atoms with Gasteiger partial charge in [0.1, 0.15) is 17.1 Å². The SMILES string of the molecule is Cc1cc(-c2ccc3[nH]c(C4CCOCC4)nc3c2Oc2cncc(C(F)(F)P)c2)cn(C)c1=O. The molecule has 1 saturated heterocycles. The van der Waals surface area contributed by atoms with Crippen LogP contribution in [0.4, 0.5) is 8.78 Å². The summed E-state index contributed by atoms with van der Waals surface area (Å²) < 4.78 is 41.0. The molecule has 1 N–H and O–H groups in total. The summed E-state index contributed by atoms with van der Waals surface area (Å²) in [5, 5.41) is 0. The molecule has 0 bridgehead atoms. The Morgan fingerprint density at radius 2 is 2.00 bits per heavy atom. The summed E-state index contributed by atoms with van der Waals surface area (Å²) in [5.74, 6) is 1.63. The number of nitrogens with zero attached hydrogens (tertiary/aromatic N) is 3. The van der Waals surface area contributed by atoms with E-state index in [0.717, 1.165) is 35.9 Å². The van der Waals surface area contributed by atoms with E-state index >= 15 is 0 Å². The summed E-state index contributed by atoms with van der Waals surface area (Å²) in [5.41, 5.74) is -0.159. The van der Waals surface area contributed by atoms with Gasteiger partial charge in [0.2, 0.25) is 0 Å². The van der Waals surface area contributed by atoms with Crippen LogP contribution in [0.25, 0.3) is 22.2 Å². The largest absolute Gasteiger partial charge is 0.453 e. The van der Waals surface area contributed by atoms with Crippen molar-refractivity contribution in [1.82, 2.24) is 19.5 Å². The minimum Gasteiger partial charge on any atom is -0.453 e. The van der Waals surface area contributed by atoms with Crippen molar-refractivity contribution < 1.29 is 18.3 Å². The fourth-order valence-electron chi connectivity index (χ4n) is 4.36. The number of imidazole rings is 1. The number of pyridine rings is 2. The van der Waals surface area contributed by atoms with Gasteiger partial charge in [-0.1, -0.05) is 9.24 Å². The monoisotopic (exact) mass is 498 g/mol. The molecule has 10 heteroatoms. The normalized spacial score (nSPS) is 15.0. The lowest BCUT2D eigenvalue weighted by molar-refractivity contribution is 0.0838. The van der Waals surface area contributed by atoms with Crippen LogP contribution in [0, 0.1) is 6.92 Å². The van der Waals surface area contributed by atoms with Gasteiger partial charge in [-0.25, -0.2) is 4.98 Å². The Morgan fingerprint density at radius 1 is 1.23 bits per heavy atom. The number of ether oxygens (including phenoxy) is 2. The maximum atomic E-state index is 13.9. The predicted octanol–water partition coefficient (Wildman–Crippen LogP) is 5.24. The molecule has 1 atom stereocenters. The lowest BCUT2D eigenvalue weighted by atomic mass is 10.00. The molecule has 0 radical (unpaired) electrons. The highest BCUT2D eigenvalue weighted by molar-refractivity contribution is 7.17. The van der Waals surface area contributed by atoms with Crippen molar-refractivity contribution in [3.63, 3.8) is 0 Å². The molecule has 0 spiro atoms. The van der Waals surface area contributed by atoms with Crippen LogP contribution in [0.15, 0.2) is 47.7 Å². The highest BCUT2D eigenvalue weighted by atomic mass is 31.0. The van der Waals surface area contributed by atoms with E-state index in [-0.39, 0.29) is 22.8 Å². The fourth-order valence-corrected chi connectivity index (χ4v) is 4.52. The van der Waals surface area contributed by atoms with Gasteiger partial charge in [-0.2, -0.15) is 8.78 Å². The van der Waals surface area contributed by atoms with Gasteiger partial charge in [-0.15, -0.1) is 0 Å². The molecular formula is C25H25F2N4O3P. The second-order valence-electron chi connectivity index (χ2n) is 8.81. The number of H-pyrrole nitrogens is 1. The van der Waals surface area contributed by atoms with Gasteiger partial charge in [0.15, 0.2) is 5.75 Å². The van der Waals surface area contributed by atoms with Crippen LogP contribution in [-0.2, 0) is 17.4 Å². The molecule has 0 amide bonds. The van der Waals surface area contributed by atoms with Crippen LogP contribution in [0.2, 0.25) is 0 Å². The Bertz CT molecular complexity index is 1430. The molecule has 1 aliphatic heterocycles. The van der Waals surface area contributed by atoms with E-state index in [1.165, 1.54) is 26.1 Å². The molecule has 1 unspecified atom stereocenters. The summed E-state index contributed by atoms with van der Waals surface area (Å²) in [6.45, 7) is 3.10. The quantitative estimate of drug-likeness (QED) is 0.381. The third-order valence-electron chi connectivity index (χ3n) is 6.23. The smallest absolute Gasteiger partial charge is 0.285 e. The standard InChI is InChI=1S/C25H25F2N4O3P/c1-14-9-16(13-31(2)24(14)32)19-3-4-20-21(30-23(29-20)15-5-7-33-8-6-15)22(19)34-18-10-17(11-28-12-18)25(26,27)35/h3-4,9-13,15H,5-8,35H2,1-2H3,(H,29,30). The van der Waals surface area contributed by atoms with Crippen molar-refractivity contribution in [3.05, 3.63) is 70.2 Å². The average molecular weight is 498 g/mol. The van der Waals surface area contributed by atoms with Gasteiger partial charge in [-0.3, -0.25) is 9.78 Å². The van der Waals surface area contributed by atoms with Crippen molar-refractivity contribution in [1.29, 1.82) is 0 Å². The second-order valence-corrected chi connectivity index (χ2v) is 9.53. The molecule has 3 aromatic heterocycles. The Kier molecular flexibility index (Phi) is 6.15. The number of aromatic amines is 1. The molecule has 4 heterocycles. The average Bonchev–Trinajstić information content (AvgIpc) is 3.28. The van der Waals surface area contributed by atoms with Crippen LogP contribution in [0.3, 0.4) is 0 Å². The molecule has 0 saturated carbocycles. The van der Waals surface area contributed by atoms with E-state index in [4.69, 9.17) is 14.5 Å². The summed E-state index contributed by atoms with van der Waals surface area (Å²) in [7, 11) is 3.20. The Labute approximate surface area is 202 Å². The third-order valence-corrected chi connectivity index (χ3v) is 6.56. The predicted molar refractivity (Wildman–Crippen MR) is 132 cm³/mol. The third kappa shape index (κ3) is 4.70. The van der Waals surface area contributed by atoms with Crippen LogP contribution < -0.4 is 10.3 Å². The zero-order valence-electron chi connectivity index (χ0n) is 19.3. The van der Waals surface area contributed by atoms with E-state index in [2.05, 4.69) is 9.97 Å². The van der Waals surface area contributed by atoms with Crippen LogP contribution in [0.1, 0.15) is 35.7 Å². The van der Waals surface area contributed by atoms with E-state index in [9.17, 15) is 13.6 Å². The number of hydrogen-bond donors (Lipinski definition) is 1. The zero-order chi connectivity index (χ0) is 24.7. The van der Waals surface area contributed by atoms with Gasteiger partial charge in [-0.05, 0) is 44.0 Å². The highest BCUT2D eigenvalue weighted by Gasteiger charge is 2.26. The van der Waals surface area contributed by atoms with E-state index < -0.39 is 5.66 Å². The number of halogens is 2. The first-order valence-electron chi connectivity index (χ1n) is 11.3. The minimum absolute atomic E-state index is 0.0987. The number of hydrogen-bond acceptors (Lipinski definition) is 5. The zero-order valence-corrected chi connectivity index (χ0v) is 20.5. The molecular weight excluding hydrogens is 473 g/mol. The maximum absolute atomic E-state index is 13.9. The summed E-state index contributed by atoms with van der Waals surface area (Å²) >= 11 is 0. The number of aryl methyl sites for hydroxylation is 2. The number of alkyl halides is 2. The first kappa shape index (κ1) is 23.6. The number of nitrogens with one attached hydrogen (secondary N) is 1. The van der Waals surface area contributed by atoms with Crippen LogP contribution >= 0.6 is 9.24 Å². The van der Waals surface area contributed by atoms with E-state index in [1.807, 2.05) is 12.1 Å². The first-order chi connectivity index (χ1) is 16.7. The van der Waals surface area contributed by atoms with Crippen LogP contribution in [0.5, 0.6) is 11.5 Å². The van der Waals surface area contributed by atoms with Crippen LogP contribution in [-0.4, -0.2) is 32.7 Å². The van der Waals surface area contributed by atoms with Crippen molar-refractivity contribution in [2.24, 2.45) is 7.05 Å². The molecule has 35 heavy (non-hydrogen) atoms. The summed E-state index contributed by atoms with van der Waals surface area (Å²) in [4.78, 5) is 24.5. The Morgan fingerprint density at radius 3 is 2.71 bits per heavy atom. The first-order valence-corrected chi connectivity index (χ1v) is 11.9. The molecule has 0 aliphatic carbocycles. The van der Waals surface area contributed by atoms with E-state index in [0.29, 0.717) is 35.6 Å². The summed E-state index contributed by atoms with van der Waals surface area (Å²) in [6, 6.07) is 6.85. The molecule has 1 aromatic carbocycles. The fraction of sp³-hybridized carbons (Fsp3) is 0.320. The van der Waals surface area contributed by atoms with Crippen molar-refractivity contribution >= 4 is 20.3 Å². The van der Waals surface area contributed by atoms with Crippen molar-refractivity contribution in [2.45, 2.75) is 31.3 Å².